The molecule has 3 nitrogen and oxygen atoms in total. The van der Waals surface area contributed by atoms with E-state index in [1.807, 2.05) is 0 Å². The second kappa shape index (κ2) is 12.5. The van der Waals surface area contributed by atoms with Gasteiger partial charge in [0.05, 0.1) is 0 Å². The van der Waals surface area contributed by atoms with Gasteiger partial charge in [0, 0.05) is 31.9 Å². The van der Waals surface area contributed by atoms with Crippen molar-refractivity contribution in [1.29, 1.82) is 0 Å². The van der Waals surface area contributed by atoms with Crippen LogP contribution in [0.1, 0.15) is 58.4 Å². The van der Waals surface area contributed by atoms with Crippen molar-refractivity contribution in [3.8, 4) is 0 Å². The van der Waals surface area contributed by atoms with Crippen molar-refractivity contribution in [2.45, 2.75) is 65.3 Å². The van der Waals surface area contributed by atoms with Crippen LogP contribution in [0, 0.1) is 11.6 Å². The van der Waals surface area contributed by atoms with E-state index < -0.39 is 20.4 Å². The topological polar surface area (TPSA) is 27.7 Å². The summed E-state index contributed by atoms with van der Waals surface area (Å²) in [6, 6.07) is 4.49. The molecule has 0 aliphatic rings. The summed E-state index contributed by atoms with van der Waals surface area (Å²) >= 11 is 0. The van der Waals surface area contributed by atoms with Crippen LogP contribution in [0.4, 0.5) is 8.78 Å². The third kappa shape index (κ3) is 8.40. The molecular weight excluding hydrogens is 342 g/mol. The van der Waals surface area contributed by atoms with Crippen LogP contribution in [0.15, 0.2) is 18.2 Å². The first-order valence-corrected chi connectivity index (χ1v) is 11.4. The van der Waals surface area contributed by atoms with Crippen LogP contribution in [-0.4, -0.2) is 28.6 Å². The third-order valence-corrected chi connectivity index (χ3v) is 6.67. The number of hydrogen-bond donors (Lipinski definition) is 0. The molecule has 1 aromatic rings. The highest BCUT2D eigenvalue weighted by atomic mass is 28.4. The SMILES string of the molecule is CCCO[Si](CCCCc1ccc(F)cc1F)(OCCC)OCCC. The van der Waals surface area contributed by atoms with Gasteiger partial charge in [-0.25, -0.2) is 8.78 Å². The molecule has 144 valence electrons. The van der Waals surface area contributed by atoms with E-state index in [2.05, 4.69) is 20.8 Å². The van der Waals surface area contributed by atoms with Gasteiger partial charge in [-0.3, -0.25) is 0 Å². The number of unbranched alkanes of at least 4 members (excludes halogenated alkanes) is 1. The quantitative estimate of drug-likeness (QED) is 0.318. The molecule has 6 heteroatoms. The second-order valence-electron chi connectivity index (χ2n) is 6.17. The van der Waals surface area contributed by atoms with Gasteiger partial charge in [0.1, 0.15) is 11.6 Å². The van der Waals surface area contributed by atoms with Gasteiger partial charge >= 0.3 is 8.80 Å². The van der Waals surface area contributed by atoms with Gasteiger partial charge in [-0.2, -0.15) is 0 Å². The Kier molecular flexibility index (Phi) is 11.1. The van der Waals surface area contributed by atoms with Gasteiger partial charge in [0.25, 0.3) is 0 Å². The molecule has 0 spiro atoms. The Labute approximate surface area is 152 Å². The summed E-state index contributed by atoms with van der Waals surface area (Å²) in [4.78, 5) is 0. The highest BCUT2D eigenvalue weighted by Gasteiger charge is 2.40. The van der Waals surface area contributed by atoms with E-state index >= 15 is 0 Å². The molecule has 0 saturated heterocycles. The smallest absolute Gasteiger partial charge is 0.373 e. The minimum absolute atomic E-state index is 0.477. The molecule has 0 N–H and O–H groups in total. The van der Waals surface area contributed by atoms with Gasteiger partial charge in [-0.05, 0) is 50.2 Å². The number of aryl methyl sites for hydroxylation is 1. The summed E-state index contributed by atoms with van der Waals surface area (Å²) in [5, 5.41) is 0. The van der Waals surface area contributed by atoms with Crippen molar-refractivity contribution < 1.29 is 22.1 Å². The van der Waals surface area contributed by atoms with E-state index in [0.29, 0.717) is 31.8 Å². The largest absolute Gasteiger partial charge is 0.500 e. The Balaban J connectivity index is 2.59. The van der Waals surface area contributed by atoms with E-state index in [1.165, 1.54) is 12.1 Å². The Morgan fingerprint density at radius 3 is 1.88 bits per heavy atom. The molecule has 0 saturated carbocycles. The lowest BCUT2D eigenvalue weighted by Crippen LogP contribution is -2.46. The lowest BCUT2D eigenvalue weighted by atomic mass is 10.1. The van der Waals surface area contributed by atoms with Gasteiger partial charge < -0.3 is 13.3 Å². The minimum Gasteiger partial charge on any atom is -0.373 e. The maximum absolute atomic E-state index is 13.7. The molecule has 0 aliphatic heterocycles. The monoisotopic (exact) mass is 374 g/mol. The Morgan fingerprint density at radius 1 is 0.840 bits per heavy atom. The fourth-order valence-electron chi connectivity index (χ4n) is 2.50. The number of hydrogen-bond acceptors (Lipinski definition) is 3. The standard InChI is InChI=1S/C19H32F2O3Si/c1-4-12-22-25(23-13-5-2,24-14-6-3)15-8-7-9-17-10-11-18(20)16-19(17)21/h10-11,16H,4-9,12-15H2,1-3H3. The highest BCUT2D eigenvalue weighted by molar-refractivity contribution is 6.60. The molecule has 0 bridgehead atoms. The molecule has 0 aliphatic carbocycles. The van der Waals surface area contributed by atoms with Crippen LogP contribution < -0.4 is 0 Å². The maximum Gasteiger partial charge on any atom is 0.500 e. The van der Waals surface area contributed by atoms with Crippen molar-refractivity contribution in [2.24, 2.45) is 0 Å². The van der Waals surface area contributed by atoms with Crippen LogP contribution in [-0.2, 0) is 19.7 Å². The second-order valence-corrected chi connectivity index (χ2v) is 8.90. The van der Waals surface area contributed by atoms with E-state index in [1.54, 1.807) is 0 Å². The average molecular weight is 375 g/mol. The summed E-state index contributed by atoms with van der Waals surface area (Å²) in [6.07, 6.45) is 4.95. The van der Waals surface area contributed by atoms with Gasteiger partial charge in [0.15, 0.2) is 0 Å². The number of halogens is 2. The fourth-order valence-corrected chi connectivity index (χ4v) is 5.41. The zero-order chi connectivity index (χ0) is 18.5. The van der Waals surface area contributed by atoms with Crippen molar-refractivity contribution in [2.75, 3.05) is 19.8 Å². The lowest BCUT2D eigenvalue weighted by molar-refractivity contribution is 0.0586. The highest BCUT2D eigenvalue weighted by Crippen LogP contribution is 2.22. The lowest BCUT2D eigenvalue weighted by Gasteiger charge is -2.29. The van der Waals surface area contributed by atoms with E-state index in [4.69, 9.17) is 13.3 Å². The molecule has 25 heavy (non-hydrogen) atoms. The summed E-state index contributed by atoms with van der Waals surface area (Å²) < 4.78 is 44.8. The molecular formula is C19H32F2O3Si. The molecule has 1 aromatic carbocycles. The van der Waals surface area contributed by atoms with E-state index in [-0.39, 0.29) is 0 Å². The van der Waals surface area contributed by atoms with Crippen molar-refractivity contribution in [3.05, 3.63) is 35.4 Å². The van der Waals surface area contributed by atoms with E-state index in [9.17, 15) is 8.78 Å². The molecule has 1 rings (SSSR count). The summed E-state index contributed by atoms with van der Waals surface area (Å²) in [7, 11) is -2.67. The first kappa shape index (κ1) is 22.2. The fraction of sp³-hybridized carbons (Fsp3) is 0.684. The van der Waals surface area contributed by atoms with Crippen molar-refractivity contribution in [3.63, 3.8) is 0 Å². The predicted molar refractivity (Wildman–Crippen MR) is 98.6 cm³/mol. The van der Waals surface area contributed by atoms with Crippen molar-refractivity contribution in [1.82, 2.24) is 0 Å². The maximum atomic E-state index is 13.7. The van der Waals surface area contributed by atoms with E-state index in [0.717, 1.165) is 44.2 Å². The van der Waals surface area contributed by atoms with Gasteiger partial charge in [-0.1, -0.05) is 26.8 Å². The normalized spacial score (nSPS) is 11.9. The first-order valence-electron chi connectivity index (χ1n) is 9.42. The number of rotatable bonds is 14. The van der Waals surface area contributed by atoms with Gasteiger partial charge in [-0.15, -0.1) is 0 Å². The third-order valence-electron chi connectivity index (χ3n) is 3.77. The molecule has 0 aromatic heterocycles. The summed E-state index contributed by atoms with van der Waals surface area (Å²) in [5.41, 5.74) is 0.548. The zero-order valence-electron chi connectivity index (χ0n) is 15.8. The zero-order valence-corrected chi connectivity index (χ0v) is 16.8. The van der Waals surface area contributed by atoms with Crippen LogP contribution in [0.5, 0.6) is 0 Å². The molecule has 0 heterocycles. The molecule has 0 unspecified atom stereocenters. The first-order chi connectivity index (χ1) is 12.1. The summed E-state index contributed by atoms with van der Waals surface area (Å²) in [5.74, 6) is -1.02. The Bertz CT molecular complexity index is 464. The minimum atomic E-state index is -2.67. The van der Waals surface area contributed by atoms with Gasteiger partial charge in [0.2, 0.25) is 0 Å². The molecule has 0 atom stereocenters. The van der Waals surface area contributed by atoms with Crippen LogP contribution in [0.3, 0.4) is 0 Å². The predicted octanol–water partition coefficient (Wildman–Crippen LogP) is 5.51. The van der Waals surface area contributed by atoms with Crippen LogP contribution in [0.2, 0.25) is 6.04 Å². The molecule has 0 fully saturated rings. The average Bonchev–Trinajstić information content (AvgIpc) is 2.61. The Hall–Kier alpha value is -0.823. The Morgan fingerprint density at radius 2 is 1.40 bits per heavy atom. The van der Waals surface area contributed by atoms with Crippen molar-refractivity contribution >= 4 is 8.80 Å². The van der Waals surface area contributed by atoms with Crippen LogP contribution >= 0.6 is 0 Å². The summed E-state index contributed by atoms with van der Waals surface area (Å²) in [6.45, 7) is 8.09. The van der Waals surface area contributed by atoms with Crippen LogP contribution in [0.25, 0.3) is 0 Å². The molecule has 0 radical (unpaired) electrons. The molecule has 0 amide bonds. The number of benzene rings is 1.